The molecule has 0 spiro atoms. The molecule has 1 nitrogen and oxygen atoms in total. The molecule has 0 heterocycles. The first-order valence-electron chi connectivity index (χ1n) is 4.71. The van der Waals surface area contributed by atoms with Crippen LogP contribution in [0.2, 0.25) is 0 Å². The van der Waals surface area contributed by atoms with Crippen molar-refractivity contribution in [1.29, 1.82) is 0 Å². The van der Waals surface area contributed by atoms with Gasteiger partial charge in [0, 0.05) is 0 Å². The van der Waals surface area contributed by atoms with E-state index in [-0.39, 0.29) is 6.10 Å². The van der Waals surface area contributed by atoms with E-state index in [0.29, 0.717) is 5.92 Å². The van der Waals surface area contributed by atoms with Gasteiger partial charge in [0.25, 0.3) is 0 Å². The highest BCUT2D eigenvalue weighted by Gasteiger charge is 2.51. The van der Waals surface area contributed by atoms with Crippen LogP contribution in [0.5, 0.6) is 0 Å². The minimum atomic E-state index is 0.0427. The Kier molecular flexibility index (Phi) is 1.07. The van der Waals surface area contributed by atoms with Gasteiger partial charge in [-0.3, -0.25) is 0 Å². The largest absolute Gasteiger partial charge is 0.393 e. The summed E-state index contributed by atoms with van der Waals surface area (Å²) in [5, 5.41) is 9.64. The van der Waals surface area contributed by atoms with E-state index < -0.39 is 0 Å². The van der Waals surface area contributed by atoms with Crippen LogP contribution in [-0.2, 0) is 0 Å². The number of allylic oxidation sites excluding steroid dienone is 2. The van der Waals surface area contributed by atoms with Gasteiger partial charge in [-0.05, 0) is 42.9 Å². The molecule has 0 aromatic heterocycles. The fraction of sp³-hybridized carbons (Fsp3) is 0.800. The van der Waals surface area contributed by atoms with Crippen molar-refractivity contribution in [2.24, 2.45) is 23.7 Å². The van der Waals surface area contributed by atoms with Gasteiger partial charge in [-0.15, -0.1) is 0 Å². The summed E-state index contributed by atoms with van der Waals surface area (Å²) in [6, 6.07) is 0. The van der Waals surface area contributed by atoms with Crippen molar-refractivity contribution in [2.75, 3.05) is 0 Å². The lowest BCUT2D eigenvalue weighted by Gasteiger charge is -2.27. The van der Waals surface area contributed by atoms with E-state index in [1.54, 1.807) is 0 Å². The molecule has 3 aliphatic rings. The molecular formula is C10H14O. The fourth-order valence-corrected chi connectivity index (χ4v) is 3.52. The molecule has 1 N–H and O–H groups in total. The van der Waals surface area contributed by atoms with Crippen LogP contribution in [0.1, 0.15) is 19.3 Å². The Balaban J connectivity index is 1.94. The zero-order chi connectivity index (χ0) is 7.42. The highest BCUT2D eigenvalue weighted by atomic mass is 16.3. The number of fused-ring (bicyclic) bond motifs is 5. The fourth-order valence-electron chi connectivity index (χ4n) is 3.52. The molecule has 0 amide bonds. The van der Waals surface area contributed by atoms with Gasteiger partial charge in [0.05, 0.1) is 6.10 Å². The summed E-state index contributed by atoms with van der Waals surface area (Å²) in [4.78, 5) is 0. The molecule has 2 fully saturated rings. The smallest absolute Gasteiger partial charge is 0.0574 e. The number of aliphatic hydroxyl groups is 1. The Labute approximate surface area is 67.1 Å². The van der Waals surface area contributed by atoms with E-state index in [1.165, 1.54) is 12.8 Å². The average molecular weight is 150 g/mol. The third-order valence-corrected chi connectivity index (χ3v) is 3.97. The Morgan fingerprint density at radius 1 is 1.18 bits per heavy atom. The second kappa shape index (κ2) is 1.89. The molecule has 1 heteroatoms. The SMILES string of the molecule is O[C@H]1C[C@H]2C[C@H]1[C@H]1CC=C[C@@H]21. The maximum atomic E-state index is 9.64. The Morgan fingerprint density at radius 3 is 3.00 bits per heavy atom. The summed E-state index contributed by atoms with van der Waals surface area (Å²) in [5.41, 5.74) is 0. The van der Waals surface area contributed by atoms with Gasteiger partial charge in [0.1, 0.15) is 0 Å². The van der Waals surface area contributed by atoms with E-state index in [4.69, 9.17) is 0 Å². The molecule has 0 radical (unpaired) electrons. The molecule has 3 rings (SSSR count). The molecule has 0 aromatic rings. The van der Waals surface area contributed by atoms with E-state index in [2.05, 4.69) is 12.2 Å². The van der Waals surface area contributed by atoms with Crippen molar-refractivity contribution < 1.29 is 5.11 Å². The molecule has 0 aliphatic heterocycles. The minimum Gasteiger partial charge on any atom is -0.393 e. The molecule has 11 heavy (non-hydrogen) atoms. The maximum Gasteiger partial charge on any atom is 0.0574 e. The maximum absolute atomic E-state index is 9.64. The summed E-state index contributed by atoms with van der Waals surface area (Å²) in [6.45, 7) is 0. The van der Waals surface area contributed by atoms with Gasteiger partial charge in [-0.25, -0.2) is 0 Å². The molecule has 5 atom stereocenters. The number of aliphatic hydroxyl groups excluding tert-OH is 1. The predicted octanol–water partition coefficient (Wildman–Crippen LogP) is 1.58. The van der Waals surface area contributed by atoms with Crippen LogP contribution in [0, 0.1) is 23.7 Å². The van der Waals surface area contributed by atoms with E-state index in [9.17, 15) is 5.11 Å². The monoisotopic (exact) mass is 150 g/mol. The first kappa shape index (κ1) is 6.24. The van der Waals surface area contributed by atoms with Gasteiger partial charge in [-0.1, -0.05) is 12.2 Å². The lowest BCUT2D eigenvalue weighted by Crippen LogP contribution is -2.27. The van der Waals surface area contributed by atoms with Crippen molar-refractivity contribution in [3.63, 3.8) is 0 Å². The highest BCUT2D eigenvalue weighted by molar-refractivity contribution is 5.14. The van der Waals surface area contributed by atoms with Crippen molar-refractivity contribution in [1.82, 2.24) is 0 Å². The zero-order valence-electron chi connectivity index (χ0n) is 6.61. The quantitative estimate of drug-likeness (QED) is 0.520. The Morgan fingerprint density at radius 2 is 2.09 bits per heavy atom. The van der Waals surface area contributed by atoms with Crippen molar-refractivity contribution in [2.45, 2.75) is 25.4 Å². The van der Waals surface area contributed by atoms with Crippen LogP contribution in [0.4, 0.5) is 0 Å². The molecule has 0 saturated heterocycles. The zero-order valence-corrected chi connectivity index (χ0v) is 6.61. The van der Waals surface area contributed by atoms with Crippen molar-refractivity contribution >= 4 is 0 Å². The average Bonchev–Trinajstić information content (AvgIpc) is 2.52. The topological polar surface area (TPSA) is 20.2 Å². The van der Waals surface area contributed by atoms with Gasteiger partial charge in [0.15, 0.2) is 0 Å². The van der Waals surface area contributed by atoms with Crippen molar-refractivity contribution in [3.05, 3.63) is 12.2 Å². The number of rotatable bonds is 0. The third kappa shape index (κ3) is 0.652. The lowest BCUT2D eigenvalue weighted by molar-refractivity contribution is 0.0697. The molecule has 2 bridgehead atoms. The van der Waals surface area contributed by atoms with E-state index >= 15 is 0 Å². The van der Waals surface area contributed by atoms with Gasteiger partial charge < -0.3 is 5.11 Å². The molecule has 60 valence electrons. The second-order valence-electron chi connectivity index (χ2n) is 4.37. The number of hydrogen-bond acceptors (Lipinski definition) is 1. The number of hydrogen-bond donors (Lipinski definition) is 1. The van der Waals surface area contributed by atoms with Crippen LogP contribution in [0.3, 0.4) is 0 Å². The molecular weight excluding hydrogens is 136 g/mol. The van der Waals surface area contributed by atoms with Gasteiger partial charge in [-0.2, -0.15) is 0 Å². The Bertz CT molecular complexity index is 209. The summed E-state index contributed by atoms with van der Waals surface area (Å²) < 4.78 is 0. The first-order chi connectivity index (χ1) is 5.36. The summed E-state index contributed by atoms with van der Waals surface area (Å²) in [5.74, 6) is 3.16. The first-order valence-corrected chi connectivity index (χ1v) is 4.71. The molecule has 3 aliphatic carbocycles. The standard InChI is InChI=1S/C10H14O/c11-10-5-6-4-9(10)8-3-1-2-7(6)8/h1-2,6-11H,3-5H2/t6-,7+,8+,9+,10+/m1/s1. The third-order valence-electron chi connectivity index (χ3n) is 3.97. The predicted molar refractivity (Wildman–Crippen MR) is 43.0 cm³/mol. The highest BCUT2D eigenvalue weighted by Crippen LogP contribution is 2.56. The lowest BCUT2D eigenvalue weighted by atomic mass is 9.80. The van der Waals surface area contributed by atoms with Crippen molar-refractivity contribution in [3.8, 4) is 0 Å². The van der Waals surface area contributed by atoms with Gasteiger partial charge >= 0.3 is 0 Å². The van der Waals surface area contributed by atoms with Crippen LogP contribution < -0.4 is 0 Å². The Hall–Kier alpha value is -0.300. The van der Waals surface area contributed by atoms with Crippen LogP contribution in [0.25, 0.3) is 0 Å². The van der Waals surface area contributed by atoms with Crippen LogP contribution in [0.15, 0.2) is 12.2 Å². The molecule has 2 saturated carbocycles. The normalized spacial score (nSPS) is 58.8. The van der Waals surface area contributed by atoms with Crippen LogP contribution in [-0.4, -0.2) is 11.2 Å². The summed E-state index contributed by atoms with van der Waals surface area (Å²) in [7, 11) is 0. The van der Waals surface area contributed by atoms with Gasteiger partial charge in [0.2, 0.25) is 0 Å². The molecule has 0 unspecified atom stereocenters. The van der Waals surface area contributed by atoms with Crippen LogP contribution >= 0.6 is 0 Å². The van der Waals surface area contributed by atoms with E-state index in [0.717, 1.165) is 24.2 Å². The second-order valence-corrected chi connectivity index (χ2v) is 4.37. The minimum absolute atomic E-state index is 0.0427. The molecule has 0 aromatic carbocycles. The summed E-state index contributed by atoms with van der Waals surface area (Å²) in [6.07, 6.45) is 8.37. The summed E-state index contributed by atoms with van der Waals surface area (Å²) >= 11 is 0. The van der Waals surface area contributed by atoms with E-state index in [1.807, 2.05) is 0 Å².